The lowest BCUT2D eigenvalue weighted by molar-refractivity contribution is -0.122. The molecule has 2 aliphatic rings. The number of fused-ring (bicyclic) bond motifs is 2. The number of halogens is 2. The van der Waals surface area contributed by atoms with Crippen LogP contribution in [0, 0.1) is 11.7 Å². The summed E-state index contributed by atoms with van der Waals surface area (Å²) in [6.45, 7) is -0.332. The van der Waals surface area contributed by atoms with Crippen molar-refractivity contribution in [2.75, 3.05) is 23.9 Å². The largest absolute Gasteiger partial charge is 0.497 e. The van der Waals surface area contributed by atoms with Crippen LogP contribution in [-0.2, 0) is 14.4 Å². The highest BCUT2D eigenvalue weighted by Crippen LogP contribution is 2.54. The van der Waals surface area contributed by atoms with E-state index < -0.39 is 40.6 Å². The Morgan fingerprint density at radius 1 is 1.05 bits per heavy atom. The van der Waals surface area contributed by atoms with E-state index in [1.165, 1.54) is 24.3 Å². The summed E-state index contributed by atoms with van der Waals surface area (Å²) in [5, 5.41) is 2.43. The third-order valence-corrected chi connectivity index (χ3v) is 9.84. The van der Waals surface area contributed by atoms with Crippen LogP contribution in [0.2, 0.25) is 0 Å². The molecule has 1 fully saturated rings. The Morgan fingerprint density at radius 2 is 1.79 bits per heavy atom. The van der Waals surface area contributed by atoms with Crippen molar-refractivity contribution in [3.8, 4) is 11.5 Å². The average Bonchev–Trinajstić information content (AvgIpc) is 3.47. The van der Waals surface area contributed by atoms with Gasteiger partial charge in [0, 0.05) is 26.5 Å². The molecule has 0 radical (unpaired) electrons. The Hall–Kier alpha value is -3.94. The second-order valence-corrected chi connectivity index (χ2v) is 12.6. The van der Waals surface area contributed by atoms with Crippen LogP contribution in [-0.4, -0.2) is 41.7 Å². The van der Waals surface area contributed by atoms with E-state index in [-0.39, 0.29) is 17.2 Å². The summed E-state index contributed by atoms with van der Waals surface area (Å²) in [5.74, 6) is -2.46. The lowest BCUT2D eigenvalue weighted by Gasteiger charge is -2.31. The minimum atomic E-state index is -0.878. The number of amides is 3. The molecule has 9 nitrogen and oxygen atoms in total. The molecule has 13 heteroatoms. The number of aromatic nitrogens is 1. The molecule has 0 aliphatic carbocycles. The maximum absolute atomic E-state index is 13.9. The number of thioether (sulfide) groups is 1. The van der Waals surface area contributed by atoms with Crippen LogP contribution in [0.1, 0.15) is 16.4 Å². The average molecular weight is 671 g/mol. The van der Waals surface area contributed by atoms with Gasteiger partial charge in [-0.1, -0.05) is 39.0 Å². The second-order valence-electron chi connectivity index (χ2n) is 9.49. The molecule has 2 unspecified atom stereocenters. The van der Waals surface area contributed by atoms with E-state index in [0.717, 1.165) is 28.0 Å². The minimum Gasteiger partial charge on any atom is -0.497 e. The molecule has 1 saturated heterocycles. The minimum absolute atomic E-state index is 0.262. The van der Waals surface area contributed by atoms with Crippen molar-refractivity contribution in [2.45, 2.75) is 16.2 Å². The molecule has 0 spiro atoms. The van der Waals surface area contributed by atoms with Crippen molar-refractivity contribution in [3.63, 3.8) is 0 Å². The Balaban J connectivity index is 1.34. The van der Waals surface area contributed by atoms with Gasteiger partial charge in [-0.2, -0.15) is 0 Å². The highest BCUT2D eigenvalue weighted by Gasteiger charge is 2.56. The van der Waals surface area contributed by atoms with Gasteiger partial charge in [0.1, 0.15) is 22.6 Å². The normalized spacial score (nSPS) is 19.3. The number of thiazole rings is 1. The second kappa shape index (κ2) is 11.4. The van der Waals surface area contributed by atoms with Gasteiger partial charge in [-0.25, -0.2) is 9.29 Å². The number of methoxy groups -OCH3 is 1. The highest BCUT2D eigenvalue weighted by molar-refractivity contribution is 9.10. The van der Waals surface area contributed by atoms with Crippen molar-refractivity contribution >= 4 is 68.1 Å². The molecule has 0 bridgehead atoms. The predicted molar refractivity (Wildman–Crippen MR) is 160 cm³/mol. The Labute approximate surface area is 255 Å². The van der Waals surface area contributed by atoms with Crippen LogP contribution in [0.5, 0.6) is 11.5 Å². The number of carbonyl (C=O) groups excluding carboxylic acids is 3. The first kappa shape index (κ1) is 28.2. The first-order valence-corrected chi connectivity index (χ1v) is 15.1. The van der Waals surface area contributed by atoms with Crippen LogP contribution in [0.3, 0.4) is 0 Å². The Morgan fingerprint density at radius 3 is 2.50 bits per heavy atom. The van der Waals surface area contributed by atoms with Crippen LogP contribution in [0.4, 0.5) is 15.8 Å². The van der Waals surface area contributed by atoms with Crippen LogP contribution in [0.25, 0.3) is 0 Å². The molecule has 2 N–H and O–H groups in total. The number of anilines is 2. The Kier molecular flexibility index (Phi) is 7.64. The molecule has 0 saturated carbocycles. The molecule has 3 amide bonds. The van der Waals surface area contributed by atoms with Crippen molar-refractivity contribution in [1.82, 2.24) is 4.98 Å². The fourth-order valence-electron chi connectivity index (χ4n) is 5.11. The van der Waals surface area contributed by atoms with Crippen molar-refractivity contribution in [1.29, 1.82) is 0 Å². The van der Waals surface area contributed by atoms with Gasteiger partial charge in [0.15, 0.2) is 6.61 Å². The van der Waals surface area contributed by atoms with Gasteiger partial charge in [0.05, 0.1) is 23.7 Å². The summed E-state index contributed by atoms with van der Waals surface area (Å²) in [5.41, 5.74) is 1.36. The quantitative estimate of drug-likeness (QED) is 0.261. The van der Waals surface area contributed by atoms with Gasteiger partial charge in [0.2, 0.25) is 11.8 Å². The number of rotatable bonds is 7. The number of ether oxygens (including phenoxy) is 2. The first-order chi connectivity index (χ1) is 20.2. The molecule has 3 aromatic carbocycles. The van der Waals surface area contributed by atoms with Gasteiger partial charge in [-0.05, 0) is 66.7 Å². The van der Waals surface area contributed by atoms with Crippen LogP contribution in [0.15, 0.2) is 81.0 Å². The summed E-state index contributed by atoms with van der Waals surface area (Å²) in [7, 11) is 1.55. The van der Waals surface area contributed by atoms with Gasteiger partial charge in [0.25, 0.3) is 5.91 Å². The summed E-state index contributed by atoms with van der Waals surface area (Å²) in [4.78, 5) is 56.9. The standard InChI is InChI=1S/C29H21BrFN3O6S2/c1-39-18-9-5-16(6-10-18)32-21(35)13-40-20-11-2-14(30)12-19(20)22-23-25(41-26-24(22)42-29(38)33-26)28(37)34(27(23)36)17-7-3-15(31)4-8-17/h2-12,22-23,25H,13H2,1H3,(H,32,35)(H,33,38)/t22-,23?,25?/m1/s1. The van der Waals surface area contributed by atoms with Crippen LogP contribution >= 0.6 is 39.0 Å². The van der Waals surface area contributed by atoms with Crippen molar-refractivity contribution in [3.05, 3.63) is 97.1 Å². The zero-order chi connectivity index (χ0) is 29.5. The molecule has 42 heavy (non-hydrogen) atoms. The molecule has 3 heterocycles. The molecule has 214 valence electrons. The zero-order valence-electron chi connectivity index (χ0n) is 21.8. The molecule has 2 aliphatic heterocycles. The number of benzene rings is 3. The molecular formula is C29H21BrFN3O6S2. The lowest BCUT2D eigenvalue weighted by atomic mass is 9.82. The van der Waals surface area contributed by atoms with Gasteiger partial charge >= 0.3 is 4.87 Å². The molecular weight excluding hydrogens is 649 g/mol. The van der Waals surface area contributed by atoms with E-state index in [1.54, 1.807) is 49.6 Å². The number of carbonyl (C=O) groups is 3. The van der Waals surface area contributed by atoms with Gasteiger partial charge < -0.3 is 19.8 Å². The predicted octanol–water partition coefficient (Wildman–Crippen LogP) is 5.16. The lowest BCUT2D eigenvalue weighted by Crippen LogP contribution is -2.32. The van der Waals surface area contributed by atoms with E-state index in [1.807, 2.05) is 0 Å². The monoisotopic (exact) mass is 669 g/mol. The number of hydrogen-bond donors (Lipinski definition) is 2. The van der Waals surface area contributed by atoms with E-state index in [2.05, 4.69) is 26.2 Å². The number of H-pyrrole nitrogens is 1. The maximum Gasteiger partial charge on any atom is 0.305 e. The fraction of sp³-hybridized carbons (Fsp3) is 0.172. The number of nitrogens with zero attached hydrogens (tertiary/aromatic N) is 1. The first-order valence-electron chi connectivity index (χ1n) is 12.6. The number of hydrogen-bond acceptors (Lipinski definition) is 8. The SMILES string of the molecule is COc1ccc(NC(=O)COc2ccc(Br)cc2[C@H]2c3sc(=O)[nH]c3SC3C(=O)N(c4ccc(F)cc4)C(=O)C32)cc1. The number of nitrogens with one attached hydrogen (secondary N) is 2. The molecule has 1 aromatic heterocycles. The van der Waals surface area contributed by atoms with E-state index >= 15 is 0 Å². The summed E-state index contributed by atoms with van der Waals surface area (Å²) < 4.78 is 25.4. The van der Waals surface area contributed by atoms with Crippen molar-refractivity contribution < 1.29 is 28.2 Å². The number of aromatic amines is 1. The van der Waals surface area contributed by atoms with E-state index in [0.29, 0.717) is 37.1 Å². The highest BCUT2D eigenvalue weighted by atomic mass is 79.9. The maximum atomic E-state index is 13.9. The van der Waals surface area contributed by atoms with Crippen LogP contribution < -0.4 is 24.6 Å². The van der Waals surface area contributed by atoms with E-state index in [4.69, 9.17) is 9.47 Å². The molecule has 3 atom stereocenters. The summed E-state index contributed by atoms with van der Waals surface area (Å²) in [6, 6.07) is 17.2. The van der Waals surface area contributed by atoms with Gasteiger partial charge in [-0.15, -0.1) is 0 Å². The molecule has 6 rings (SSSR count). The summed E-state index contributed by atoms with van der Waals surface area (Å²) in [6.07, 6.45) is 0. The third kappa shape index (κ3) is 5.23. The Bertz CT molecular complexity index is 1760. The fourth-order valence-corrected chi connectivity index (χ4v) is 7.99. The number of imide groups is 1. The smallest absolute Gasteiger partial charge is 0.305 e. The van der Waals surface area contributed by atoms with Crippen molar-refractivity contribution in [2.24, 2.45) is 5.92 Å². The third-order valence-electron chi connectivity index (χ3n) is 6.95. The van der Waals surface area contributed by atoms with Gasteiger partial charge in [-0.3, -0.25) is 19.2 Å². The zero-order valence-corrected chi connectivity index (χ0v) is 25.0. The summed E-state index contributed by atoms with van der Waals surface area (Å²) >= 11 is 5.58. The van der Waals surface area contributed by atoms with E-state index in [9.17, 15) is 23.6 Å². The topological polar surface area (TPSA) is 118 Å². The molecule has 4 aromatic rings.